The zero-order chi connectivity index (χ0) is 14.5. The summed E-state index contributed by atoms with van der Waals surface area (Å²) in [6.07, 6.45) is -7.02. The Bertz CT molecular complexity index is 394. The van der Waals surface area contributed by atoms with E-state index in [1.54, 1.807) is 24.3 Å². The van der Waals surface area contributed by atoms with Crippen LogP contribution in [0.3, 0.4) is 0 Å². The van der Waals surface area contributed by atoms with Crippen molar-refractivity contribution in [2.45, 2.75) is 38.7 Å². The summed E-state index contributed by atoms with van der Waals surface area (Å²) in [6.45, 7) is 3.60. The zero-order valence-corrected chi connectivity index (χ0v) is 10.9. The van der Waals surface area contributed by atoms with Crippen molar-refractivity contribution in [3.8, 4) is 5.75 Å². The van der Waals surface area contributed by atoms with E-state index in [9.17, 15) is 18.3 Å². The second-order valence-electron chi connectivity index (χ2n) is 4.55. The minimum atomic E-state index is -4.36. The highest BCUT2D eigenvalue weighted by molar-refractivity contribution is 5.48. The van der Waals surface area contributed by atoms with Crippen molar-refractivity contribution in [3.05, 3.63) is 24.3 Å². The van der Waals surface area contributed by atoms with Gasteiger partial charge in [-0.25, -0.2) is 0 Å². The third-order valence-corrected chi connectivity index (χ3v) is 2.21. The largest absolute Gasteiger partial charge is 0.491 e. The normalized spacial score (nSPS) is 13.4. The Morgan fingerprint density at radius 2 is 2.00 bits per heavy atom. The lowest BCUT2D eigenvalue weighted by Crippen LogP contribution is -2.26. The number of aliphatic hydroxyl groups excluding tert-OH is 1. The Balaban J connectivity index is 2.49. The molecule has 1 aromatic carbocycles. The Morgan fingerprint density at radius 1 is 1.32 bits per heavy atom. The third-order valence-electron chi connectivity index (χ3n) is 2.21. The van der Waals surface area contributed by atoms with Crippen LogP contribution in [-0.4, -0.2) is 30.0 Å². The highest BCUT2D eigenvalue weighted by Crippen LogP contribution is 2.22. The van der Waals surface area contributed by atoms with Crippen LogP contribution in [0.4, 0.5) is 18.9 Å². The maximum atomic E-state index is 12.0. The van der Waals surface area contributed by atoms with Gasteiger partial charge in [0.1, 0.15) is 5.75 Å². The molecule has 0 saturated heterocycles. The van der Waals surface area contributed by atoms with Gasteiger partial charge in [0.25, 0.3) is 0 Å². The van der Waals surface area contributed by atoms with Gasteiger partial charge in [0.15, 0.2) is 0 Å². The second kappa shape index (κ2) is 6.65. The quantitative estimate of drug-likeness (QED) is 0.839. The average Bonchev–Trinajstić information content (AvgIpc) is 2.23. The summed E-state index contributed by atoms with van der Waals surface area (Å²) in [5, 5.41) is 12.0. The third kappa shape index (κ3) is 6.91. The number of halogens is 3. The summed E-state index contributed by atoms with van der Waals surface area (Å²) >= 11 is 0. The van der Waals surface area contributed by atoms with Crippen molar-refractivity contribution in [1.29, 1.82) is 0 Å². The van der Waals surface area contributed by atoms with E-state index >= 15 is 0 Å². The monoisotopic (exact) mass is 277 g/mol. The molecule has 0 unspecified atom stereocenters. The van der Waals surface area contributed by atoms with Gasteiger partial charge in [-0.1, -0.05) is 6.07 Å². The molecular formula is C13H18F3NO2. The first kappa shape index (κ1) is 15.6. The van der Waals surface area contributed by atoms with E-state index < -0.39 is 18.7 Å². The standard InChI is InChI=1S/C13H18F3NO2/c1-9(2)19-12-5-3-4-10(6-12)17-8-11(18)7-13(14,15)16/h3-6,9,11,17-18H,7-8H2,1-2H3/t11-/m1/s1. The maximum Gasteiger partial charge on any atom is 0.391 e. The number of nitrogens with one attached hydrogen (secondary N) is 1. The lowest BCUT2D eigenvalue weighted by atomic mass is 10.2. The molecule has 6 heteroatoms. The molecule has 0 radical (unpaired) electrons. The molecule has 0 aromatic heterocycles. The van der Waals surface area contributed by atoms with Gasteiger partial charge >= 0.3 is 6.18 Å². The molecule has 0 bridgehead atoms. The molecule has 0 aliphatic carbocycles. The van der Waals surface area contributed by atoms with Gasteiger partial charge in [-0.15, -0.1) is 0 Å². The summed E-state index contributed by atoms with van der Waals surface area (Å²) in [6, 6.07) is 6.88. The molecular weight excluding hydrogens is 259 g/mol. The van der Waals surface area contributed by atoms with Crippen LogP contribution in [-0.2, 0) is 0 Å². The topological polar surface area (TPSA) is 41.5 Å². The highest BCUT2D eigenvalue weighted by Gasteiger charge is 2.30. The van der Waals surface area contributed by atoms with Crippen LogP contribution in [0.1, 0.15) is 20.3 Å². The molecule has 0 saturated carbocycles. The Labute approximate surface area is 110 Å². The molecule has 19 heavy (non-hydrogen) atoms. The zero-order valence-electron chi connectivity index (χ0n) is 10.9. The van der Waals surface area contributed by atoms with Crippen LogP contribution in [0, 0.1) is 0 Å². The summed E-state index contributed by atoms with van der Waals surface area (Å²) in [4.78, 5) is 0. The summed E-state index contributed by atoms with van der Waals surface area (Å²) < 4.78 is 41.6. The van der Waals surface area contributed by atoms with Gasteiger partial charge in [-0.2, -0.15) is 13.2 Å². The smallest absolute Gasteiger partial charge is 0.391 e. The predicted molar refractivity (Wildman–Crippen MR) is 67.4 cm³/mol. The minimum Gasteiger partial charge on any atom is -0.491 e. The Kier molecular flexibility index (Phi) is 5.47. The lowest BCUT2D eigenvalue weighted by Gasteiger charge is -2.15. The second-order valence-corrected chi connectivity index (χ2v) is 4.55. The number of aliphatic hydroxyl groups is 1. The summed E-state index contributed by atoms with van der Waals surface area (Å²) in [5.41, 5.74) is 0.611. The number of benzene rings is 1. The molecule has 0 aliphatic heterocycles. The van der Waals surface area contributed by atoms with Crippen molar-refractivity contribution in [1.82, 2.24) is 0 Å². The average molecular weight is 277 g/mol. The molecule has 2 N–H and O–H groups in total. The summed E-state index contributed by atoms with van der Waals surface area (Å²) in [5.74, 6) is 0.630. The number of ether oxygens (including phenoxy) is 1. The van der Waals surface area contributed by atoms with Gasteiger partial charge < -0.3 is 15.2 Å². The SMILES string of the molecule is CC(C)Oc1cccc(NC[C@H](O)CC(F)(F)F)c1. The summed E-state index contributed by atoms with van der Waals surface area (Å²) in [7, 11) is 0. The van der Waals surface area contributed by atoms with Crippen molar-refractivity contribution < 1.29 is 23.0 Å². The number of anilines is 1. The molecule has 1 rings (SSSR count). The number of alkyl halides is 3. The first-order chi connectivity index (χ1) is 8.76. The van der Waals surface area contributed by atoms with Gasteiger partial charge in [0.05, 0.1) is 18.6 Å². The fourth-order valence-corrected chi connectivity index (χ4v) is 1.53. The molecule has 3 nitrogen and oxygen atoms in total. The van der Waals surface area contributed by atoms with Crippen molar-refractivity contribution in [2.75, 3.05) is 11.9 Å². The molecule has 1 aromatic rings. The van der Waals surface area contributed by atoms with Gasteiger partial charge in [0, 0.05) is 18.3 Å². The van der Waals surface area contributed by atoms with Crippen LogP contribution in [0.15, 0.2) is 24.3 Å². The van der Waals surface area contributed by atoms with Crippen molar-refractivity contribution in [3.63, 3.8) is 0 Å². The molecule has 0 aliphatic rings. The molecule has 0 fully saturated rings. The molecule has 0 amide bonds. The van der Waals surface area contributed by atoms with E-state index in [0.717, 1.165) is 0 Å². The first-order valence-corrected chi connectivity index (χ1v) is 6.01. The minimum absolute atomic E-state index is 0.0195. The highest BCUT2D eigenvalue weighted by atomic mass is 19.4. The van der Waals surface area contributed by atoms with Gasteiger partial charge in [0.2, 0.25) is 0 Å². The lowest BCUT2D eigenvalue weighted by molar-refractivity contribution is -0.151. The molecule has 0 heterocycles. The van der Waals surface area contributed by atoms with Crippen LogP contribution in [0.25, 0.3) is 0 Å². The van der Waals surface area contributed by atoms with Crippen LogP contribution in [0.5, 0.6) is 5.75 Å². The Morgan fingerprint density at radius 3 is 2.58 bits per heavy atom. The fourth-order valence-electron chi connectivity index (χ4n) is 1.53. The van der Waals surface area contributed by atoms with E-state index in [1.165, 1.54) is 0 Å². The maximum absolute atomic E-state index is 12.0. The van der Waals surface area contributed by atoms with Crippen molar-refractivity contribution in [2.24, 2.45) is 0 Å². The molecule has 1 atom stereocenters. The van der Waals surface area contributed by atoms with Crippen LogP contribution < -0.4 is 10.1 Å². The number of hydrogen-bond donors (Lipinski definition) is 2. The first-order valence-electron chi connectivity index (χ1n) is 6.01. The van der Waals surface area contributed by atoms with E-state index in [0.29, 0.717) is 11.4 Å². The van der Waals surface area contributed by atoms with E-state index in [-0.39, 0.29) is 12.6 Å². The van der Waals surface area contributed by atoms with Crippen molar-refractivity contribution >= 4 is 5.69 Å². The fraction of sp³-hybridized carbons (Fsp3) is 0.538. The van der Waals surface area contributed by atoms with Gasteiger partial charge in [-0.3, -0.25) is 0 Å². The number of rotatable bonds is 6. The Hall–Kier alpha value is -1.43. The van der Waals surface area contributed by atoms with E-state index in [2.05, 4.69) is 5.32 Å². The molecule has 108 valence electrons. The number of hydrogen-bond acceptors (Lipinski definition) is 3. The molecule has 0 spiro atoms. The van der Waals surface area contributed by atoms with Crippen LogP contribution >= 0.6 is 0 Å². The van der Waals surface area contributed by atoms with Crippen LogP contribution in [0.2, 0.25) is 0 Å². The van der Waals surface area contributed by atoms with E-state index in [4.69, 9.17) is 4.74 Å². The van der Waals surface area contributed by atoms with E-state index in [1.807, 2.05) is 13.8 Å². The van der Waals surface area contributed by atoms with Gasteiger partial charge in [-0.05, 0) is 26.0 Å². The predicted octanol–water partition coefficient (Wildman–Crippen LogP) is 3.20.